The smallest absolute Gasteiger partial charge is 0.326 e. The van der Waals surface area contributed by atoms with Crippen LogP contribution in [0.15, 0.2) is 4.99 Å². The average molecular weight is 536 g/mol. The van der Waals surface area contributed by atoms with Crippen molar-refractivity contribution in [2.45, 2.75) is 62.7 Å². The SMILES string of the molecule is NC(N)=NCCCC(N)C(=O)NC(CCC(=O)O)C(=O)NC(CS)C(=O)NC(CCC(=O)O)C(=O)O. The number of rotatable bonds is 18. The van der Waals surface area contributed by atoms with Gasteiger partial charge in [-0.2, -0.15) is 12.6 Å². The van der Waals surface area contributed by atoms with Crippen molar-refractivity contribution in [3.05, 3.63) is 0 Å². The van der Waals surface area contributed by atoms with Crippen molar-refractivity contribution < 1.29 is 44.1 Å². The number of nitrogens with zero attached hydrogens (tertiary/aromatic N) is 1. The van der Waals surface area contributed by atoms with Crippen LogP contribution in [0.2, 0.25) is 0 Å². The molecule has 0 aliphatic heterocycles. The van der Waals surface area contributed by atoms with Gasteiger partial charge < -0.3 is 48.5 Å². The number of nitrogens with two attached hydrogens (primary N) is 3. The molecule has 4 unspecified atom stereocenters. The Morgan fingerprint density at radius 2 is 1.22 bits per heavy atom. The Morgan fingerprint density at radius 1 is 0.750 bits per heavy atom. The highest BCUT2D eigenvalue weighted by Gasteiger charge is 2.30. The summed E-state index contributed by atoms with van der Waals surface area (Å²) in [6.45, 7) is 0.217. The molecule has 0 heterocycles. The molecule has 3 amide bonds. The number of aliphatic carboxylic acids is 3. The van der Waals surface area contributed by atoms with Gasteiger partial charge in [0.2, 0.25) is 17.7 Å². The molecule has 12 N–H and O–H groups in total. The first-order chi connectivity index (χ1) is 16.8. The lowest BCUT2D eigenvalue weighted by atomic mass is 10.1. The number of carboxylic acids is 3. The summed E-state index contributed by atoms with van der Waals surface area (Å²) in [6, 6.07) is -5.35. The van der Waals surface area contributed by atoms with Crippen LogP contribution in [0.1, 0.15) is 38.5 Å². The van der Waals surface area contributed by atoms with Crippen molar-refractivity contribution in [1.82, 2.24) is 16.0 Å². The van der Waals surface area contributed by atoms with Crippen LogP contribution in [0.4, 0.5) is 0 Å². The second-order valence-corrected chi connectivity index (χ2v) is 7.99. The molecular formula is C19H33N7O9S. The zero-order valence-electron chi connectivity index (χ0n) is 19.4. The molecule has 0 spiro atoms. The zero-order chi connectivity index (χ0) is 27.8. The highest BCUT2D eigenvalue weighted by atomic mass is 32.1. The number of guanidine groups is 1. The summed E-state index contributed by atoms with van der Waals surface area (Å²) in [4.78, 5) is 74.3. The topological polar surface area (TPSA) is 290 Å². The van der Waals surface area contributed by atoms with Gasteiger partial charge in [0.1, 0.15) is 18.1 Å². The van der Waals surface area contributed by atoms with Gasteiger partial charge in [0.05, 0.1) is 6.04 Å². The van der Waals surface area contributed by atoms with Gasteiger partial charge in [-0.15, -0.1) is 0 Å². The lowest BCUT2D eigenvalue weighted by molar-refractivity contribution is -0.143. The predicted octanol–water partition coefficient (Wildman–Crippen LogP) is -3.43. The van der Waals surface area contributed by atoms with E-state index < -0.39 is 79.1 Å². The standard InChI is InChI=1S/C19H33N7O9S/c20-9(2-1-7-23-19(21)22)15(31)24-10(3-5-13(27)28)16(32)26-12(8-36)17(33)25-11(18(34)35)4-6-14(29)30/h9-12,36H,1-8,20H2,(H,24,31)(H,25,33)(H,26,32)(H,27,28)(H,29,30)(H,34,35)(H4,21,22,23). The fourth-order valence-electron chi connectivity index (χ4n) is 2.73. The van der Waals surface area contributed by atoms with Crippen LogP contribution in [0.25, 0.3) is 0 Å². The third-order valence-corrected chi connectivity index (χ3v) is 5.03. The highest BCUT2D eigenvalue weighted by Crippen LogP contribution is 2.04. The lowest BCUT2D eigenvalue weighted by Gasteiger charge is -2.24. The first kappa shape index (κ1) is 32.4. The number of hydrogen-bond donors (Lipinski definition) is 10. The largest absolute Gasteiger partial charge is 0.481 e. The van der Waals surface area contributed by atoms with Crippen LogP contribution in [0.3, 0.4) is 0 Å². The van der Waals surface area contributed by atoms with Crippen molar-refractivity contribution in [2.75, 3.05) is 12.3 Å². The molecular weight excluding hydrogens is 502 g/mol. The normalized spacial score (nSPS) is 13.8. The van der Waals surface area contributed by atoms with Crippen LogP contribution in [0.5, 0.6) is 0 Å². The minimum atomic E-state index is -1.53. The van der Waals surface area contributed by atoms with E-state index in [-0.39, 0.29) is 31.1 Å². The maximum atomic E-state index is 12.7. The summed E-state index contributed by atoms with van der Waals surface area (Å²) in [5, 5.41) is 33.6. The van der Waals surface area contributed by atoms with E-state index in [9.17, 15) is 33.9 Å². The Kier molecular flexibility index (Phi) is 15.2. The van der Waals surface area contributed by atoms with Crippen LogP contribution in [-0.4, -0.2) is 93.4 Å². The number of hydrogen-bond acceptors (Lipinski definition) is 9. The van der Waals surface area contributed by atoms with Crippen molar-refractivity contribution in [3.8, 4) is 0 Å². The molecule has 204 valence electrons. The first-order valence-electron chi connectivity index (χ1n) is 10.8. The minimum Gasteiger partial charge on any atom is -0.481 e. The maximum Gasteiger partial charge on any atom is 0.326 e. The number of aliphatic imine (C=N–C) groups is 1. The van der Waals surface area contributed by atoms with Crippen LogP contribution < -0.4 is 33.2 Å². The van der Waals surface area contributed by atoms with E-state index in [1.54, 1.807) is 0 Å². The fraction of sp³-hybridized carbons (Fsp3) is 0.632. The van der Waals surface area contributed by atoms with Crippen molar-refractivity contribution in [2.24, 2.45) is 22.2 Å². The number of amides is 3. The molecule has 0 saturated heterocycles. The Balaban J connectivity index is 5.25. The quantitative estimate of drug-likeness (QED) is 0.0355. The van der Waals surface area contributed by atoms with Gasteiger partial charge in [0.25, 0.3) is 0 Å². The van der Waals surface area contributed by atoms with E-state index in [2.05, 4.69) is 33.6 Å². The summed E-state index contributed by atoms with van der Waals surface area (Å²) in [6.07, 6.45) is -1.23. The molecule has 0 aromatic heterocycles. The van der Waals surface area contributed by atoms with E-state index >= 15 is 0 Å². The lowest BCUT2D eigenvalue weighted by Crippen LogP contribution is -2.57. The van der Waals surface area contributed by atoms with Gasteiger partial charge >= 0.3 is 17.9 Å². The Bertz CT molecular complexity index is 836. The monoisotopic (exact) mass is 535 g/mol. The molecule has 0 aliphatic rings. The number of nitrogens with one attached hydrogen (secondary N) is 3. The molecule has 0 bridgehead atoms. The fourth-order valence-corrected chi connectivity index (χ4v) is 2.99. The molecule has 0 aliphatic carbocycles. The van der Waals surface area contributed by atoms with Crippen LogP contribution >= 0.6 is 12.6 Å². The van der Waals surface area contributed by atoms with Crippen LogP contribution in [-0.2, 0) is 28.8 Å². The van der Waals surface area contributed by atoms with Crippen molar-refractivity contribution in [1.29, 1.82) is 0 Å². The summed E-state index contributed by atoms with van der Waals surface area (Å²) in [5.74, 6) is -7.04. The molecule has 0 saturated carbocycles. The minimum absolute atomic E-state index is 0.127. The first-order valence-corrected chi connectivity index (χ1v) is 11.4. The molecule has 0 aromatic carbocycles. The second kappa shape index (κ2) is 16.9. The van der Waals surface area contributed by atoms with Crippen molar-refractivity contribution >= 4 is 54.2 Å². The average Bonchev–Trinajstić information content (AvgIpc) is 2.79. The predicted molar refractivity (Wildman–Crippen MR) is 129 cm³/mol. The summed E-state index contributed by atoms with van der Waals surface area (Å²) in [7, 11) is 0. The molecule has 0 aromatic rings. The number of carbonyl (C=O) groups is 6. The number of thiol groups is 1. The van der Waals surface area contributed by atoms with Crippen molar-refractivity contribution in [3.63, 3.8) is 0 Å². The highest BCUT2D eigenvalue weighted by molar-refractivity contribution is 7.80. The Morgan fingerprint density at radius 3 is 1.69 bits per heavy atom. The van der Waals surface area contributed by atoms with Gasteiger partial charge in [-0.25, -0.2) is 4.79 Å². The van der Waals surface area contributed by atoms with E-state index in [4.69, 9.17) is 27.4 Å². The molecule has 36 heavy (non-hydrogen) atoms. The zero-order valence-corrected chi connectivity index (χ0v) is 20.3. The molecule has 17 heteroatoms. The molecule has 0 radical (unpaired) electrons. The molecule has 4 atom stereocenters. The van der Waals surface area contributed by atoms with E-state index in [0.717, 1.165) is 0 Å². The third-order valence-electron chi connectivity index (χ3n) is 4.66. The van der Waals surface area contributed by atoms with Gasteiger partial charge in [0, 0.05) is 25.1 Å². The molecule has 0 rings (SSSR count). The Hall–Kier alpha value is -3.60. The van der Waals surface area contributed by atoms with Crippen LogP contribution in [0, 0.1) is 0 Å². The number of carboxylic acid groups (broad SMARTS) is 3. The molecule has 0 fully saturated rings. The van der Waals surface area contributed by atoms with E-state index in [1.807, 2.05) is 0 Å². The van der Waals surface area contributed by atoms with E-state index in [0.29, 0.717) is 6.42 Å². The summed E-state index contributed by atoms with van der Waals surface area (Å²) in [5.41, 5.74) is 16.2. The van der Waals surface area contributed by atoms with Gasteiger partial charge in [-0.3, -0.25) is 29.0 Å². The molecule has 16 nitrogen and oxygen atoms in total. The third kappa shape index (κ3) is 14.0. The maximum absolute atomic E-state index is 12.7. The number of carbonyl (C=O) groups excluding carboxylic acids is 3. The summed E-state index contributed by atoms with van der Waals surface area (Å²) < 4.78 is 0. The van der Waals surface area contributed by atoms with Gasteiger partial charge in [-0.05, 0) is 25.7 Å². The van der Waals surface area contributed by atoms with Gasteiger partial charge in [-0.1, -0.05) is 0 Å². The van der Waals surface area contributed by atoms with E-state index in [1.165, 1.54) is 0 Å². The summed E-state index contributed by atoms with van der Waals surface area (Å²) >= 11 is 3.96. The second-order valence-electron chi connectivity index (χ2n) is 7.62. The Labute approximate surface area is 211 Å². The van der Waals surface area contributed by atoms with Gasteiger partial charge in [0.15, 0.2) is 5.96 Å².